The summed E-state index contributed by atoms with van der Waals surface area (Å²) in [6, 6.07) is -0.354. The number of halogens is 1. The van der Waals surface area contributed by atoms with Crippen molar-refractivity contribution in [1.82, 2.24) is 4.90 Å². The van der Waals surface area contributed by atoms with Gasteiger partial charge in [0.25, 0.3) is 0 Å². The van der Waals surface area contributed by atoms with E-state index in [-0.39, 0.29) is 30.3 Å². The minimum absolute atomic E-state index is 0. The van der Waals surface area contributed by atoms with Gasteiger partial charge in [0.15, 0.2) is 0 Å². The second kappa shape index (κ2) is 8.73. The maximum Gasteiger partial charge on any atom is 0.239 e. The van der Waals surface area contributed by atoms with E-state index in [1.165, 1.54) is 0 Å². The molecular formula is C13H27ClN2O2. The third-order valence-corrected chi connectivity index (χ3v) is 3.72. The number of ether oxygens (including phenoxy) is 1. The predicted molar refractivity (Wildman–Crippen MR) is 75.9 cm³/mol. The Balaban J connectivity index is 0.00000289. The van der Waals surface area contributed by atoms with E-state index in [9.17, 15) is 4.79 Å². The van der Waals surface area contributed by atoms with Gasteiger partial charge in [0.2, 0.25) is 5.91 Å². The van der Waals surface area contributed by atoms with Crippen molar-refractivity contribution in [2.75, 3.05) is 26.8 Å². The van der Waals surface area contributed by atoms with Gasteiger partial charge in [-0.2, -0.15) is 0 Å². The summed E-state index contributed by atoms with van der Waals surface area (Å²) < 4.78 is 5.29. The summed E-state index contributed by atoms with van der Waals surface area (Å²) in [5.41, 5.74) is 6.06. The van der Waals surface area contributed by atoms with Crippen LogP contribution in [-0.2, 0) is 9.53 Å². The predicted octanol–water partition coefficient (Wildman–Crippen LogP) is 1.67. The molecule has 1 heterocycles. The molecule has 0 radical (unpaired) electrons. The zero-order valence-electron chi connectivity index (χ0n) is 11.7. The molecule has 0 spiro atoms. The van der Waals surface area contributed by atoms with E-state index in [2.05, 4.69) is 13.8 Å². The molecule has 2 N–H and O–H groups in total. The van der Waals surface area contributed by atoms with Gasteiger partial charge in [-0.1, -0.05) is 20.3 Å². The lowest BCUT2D eigenvalue weighted by atomic mass is 9.91. The Morgan fingerprint density at radius 2 is 2.00 bits per heavy atom. The van der Waals surface area contributed by atoms with Gasteiger partial charge in [0.1, 0.15) is 0 Å². The summed E-state index contributed by atoms with van der Waals surface area (Å²) in [5.74, 6) is 0.902. The van der Waals surface area contributed by atoms with Gasteiger partial charge in [-0.25, -0.2) is 0 Å². The first-order valence-corrected chi connectivity index (χ1v) is 6.64. The summed E-state index contributed by atoms with van der Waals surface area (Å²) in [6.45, 7) is 6.57. The van der Waals surface area contributed by atoms with Crippen LogP contribution in [0.3, 0.4) is 0 Å². The number of rotatable bonds is 5. The van der Waals surface area contributed by atoms with Crippen LogP contribution >= 0.6 is 12.4 Å². The lowest BCUT2D eigenvalue weighted by Crippen LogP contribution is -2.48. The molecule has 2 unspecified atom stereocenters. The highest BCUT2D eigenvalue weighted by Gasteiger charge is 2.28. The molecule has 0 bridgehead atoms. The Morgan fingerprint density at radius 3 is 2.50 bits per heavy atom. The van der Waals surface area contributed by atoms with E-state index < -0.39 is 0 Å². The minimum atomic E-state index is -0.354. The Morgan fingerprint density at radius 1 is 1.44 bits per heavy atom. The fourth-order valence-electron chi connectivity index (χ4n) is 2.22. The van der Waals surface area contributed by atoms with Gasteiger partial charge >= 0.3 is 0 Å². The van der Waals surface area contributed by atoms with Crippen LogP contribution in [0, 0.1) is 11.8 Å². The maximum absolute atomic E-state index is 12.2. The Bertz CT molecular complexity index is 245. The Labute approximate surface area is 117 Å². The third-order valence-electron chi connectivity index (χ3n) is 3.72. The molecule has 1 aliphatic heterocycles. The molecule has 1 amide bonds. The van der Waals surface area contributed by atoms with Gasteiger partial charge in [0, 0.05) is 26.8 Å². The van der Waals surface area contributed by atoms with Crippen molar-refractivity contribution in [1.29, 1.82) is 0 Å². The minimum Gasteiger partial charge on any atom is -0.381 e. The fraction of sp³-hybridized carbons (Fsp3) is 0.923. The first-order chi connectivity index (χ1) is 8.06. The fourth-order valence-corrected chi connectivity index (χ4v) is 2.22. The zero-order chi connectivity index (χ0) is 12.8. The second-order valence-electron chi connectivity index (χ2n) is 5.21. The van der Waals surface area contributed by atoms with Gasteiger partial charge in [0.05, 0.1) is 6.04 Å². The molecule has 1 fully saturated rings. The molecule has 18 heavy (non-hydrogen) atoms. The molecular weight excluding hydrogens is 252 g/mol. The molecule has 4 nitrogen and oxygen atoms in total. The van der Waals surface area contributed by atoms with Crippen molar-refractivity contribution in [3.63, 3.8) is 0 Å². The quantitative estimate of drug-likeness (QED) is 0.832. The summed E-state index contributed by atoms with van der Waals surface area (Å²) >= 11 is 0. The topological polar surface area (TPSA) is 55.6 Å². The van der Waals surface area contributed by atoms with Crippen molar-refractivity contribution in [3.8, 4) is 0 Å². The SMILES string of the molecule is CCC(C)CN(C)C(=O)C(N)C1CCOCC1.Cl. The summed E-state index contributed by atoms with van der Waals surface area (Å²) in [6.07, 6.45) is 2.90. The largest absolute Gasteiger partial charge is 0.381 e. The number of nitrogens with zero attached hydrogens (tertiary/aromatic N) is 1. The maximum atomic E-state index is 12.2. The monoisotopic (exact) mass is 278 g/mol. The molecule has 1 aliphatic rings. The average molecular weight is 279 g/mol. The van der Waals surface area contributed by atoms with E-state index in [1.54, 1.807) is 4.90 Å². The van der Waals surface area contributed by atoms with Gasteiger partial charge in [-0.05, 0) is 24.7 Å². The van der Waals surface area contributed by atoms with Gasteiger partial charge in [-0.3, -0.25) is 4.79 Å². The standard InChI is InChI=1S/C13H26N2O2.ClH/c1-4-10(2)9-15(3)13(16)12(14)11-5-7-17-8-6-11;/h10-12H,4-9,14H2,1-3H3;1H. The lowest BCUT2D eigenvalue weighted by molar-refractivity contribution is -0.133. The van der Waals surface area contributed by atoms with Gasteiger partial charge in [-0.15, -0.1) is 12.4 Å². The molecule has 1 rings (SSSR count). The number of likely N-dealkylation sites (N-methyl/N-ethyl adjacent to an activating group) is 1. The summed E-state index contributed by atoms with van der Waals surface area (Å²) in [4.78, 5) is 13.9. The van der Waals surface area contributed by atoms with Crippen LogP contribution in [0.15, 0.2) is 0 Å². The molecule has 108 valence electrons. The van der Waals surface area contributed by atoms with Crippen molar-refractivity contribution in [2.45, 2.75) is 39.2 Å². The van der Waals surface area contributed by atoms with E-state index >= 15 is 0 Å². The normalized spacial score (nSPS) is 19.8. The second-order valence-corrected chi connectivity index (χ2v) is 5.21. The number of carbonyl (C=O) groups excluding carboxylic acids is 1. The summed E-state index contributed by atoms with van der Waals surface area (Å²) in [7, 11) is 1.85. The molecule has 2 atom stereocenters. The van der Waals surface area contributed by atoms with Crippen LogP contribution in [0.2, 0.25) is 0 Å². The summed E-state index contributed by atoms with van der Waals surface area (Å²) in [5, 5.41) is 0. The smallest absolute Gasteiger partial charge is 0.239 e. The molecule has 5 heteroatoms. The molecule has 0 aromatic carbocycles. The van der Waals surface area contributed by atoms with Crippen LogP contribution in [-0.4, -0.2) is 43.7 Å². The van der Waals surface area contributed by atoms with E-state index in [0.717, 1.165) is 39.0 Å². The van der Waals surface area contributed by atoms with Crippen molar-refractivity contribution in [3.05, 3.63) is 0 Å². The van der Waals surface area contributed by atoms with Crippen LogP contribution < -0.4 is 5.73 Å². The number of hydrogen-bond acceptors (Lipinski definition) is 3. The van der Waals surface area contributed by atoms with Crippen LogP contribution in [0.1, 0.15) is 33.1 Å². The Kier molecular flexibility index (Phi) is 8.57. The highest BCUT2D eigenvalue weighted by Crippen LogP contribution is 2.19. The molecule has 0 aromatic heterocycles. The van der Waals surface area contributed by atoms with Crippen molar-refractivity contribution < 1.29 is 9.53 Å². The zero-order valence-corrected chi connectivity index (χ0v) is 12.5. The van der Waals surface area contributed by atoms with Crippen molar-refractivity contribution >= 4 is 18.3 Å². The van der Waals surface area contributed by atoms with Crippen LogP contribution in [0.4, 0.5) is 0 Å². The molecule has 0 saturated carbocycles. The lowest BCUT2D eigenvalue weighted by Gasteiger charge is -2.30. The molecule has 1 saturated heterocycles. The number of amides is 1. The number of hydrogen-bond donors (Lipinski definition) is 1. The first-order valence-electron chi connectivity index (χ1n) is 6.64. The number of nitrogens with two attached hydrogens (primary N) is 1. The van der Waals surface area contributed by atoms with E-state index in [4.69, 9.17) is 10.5 Å². The third kappa shape index (κ3) is 5.12. The van der Waals surface area contributed by atoms with E-state index in [0.29, 0.717) is 5.92 Å². The number of carbonyl (C=O) groups is 1. The highest BCUT2D eigenvalue weighted by atomic mass is 35.5. The Hall–Kier alpha value is -0.320. The molecule has 0 aromatic rings. The average Bonchev–Trinajstić information content (AvgIpc) is 2.37. The van der Waals surface area contributed by atoms with Crippen molar-refractivity contribution in [2.24, 2.45) is 17.6 Å². The van der Waals surface area contributed by atoms with Gasteiger partial charge < -0.3 is 15.4 Å². The van der Waals surface area contributed by atoms with Crippen LogP contribution in [0.5, 0.6) is 0 Å². The van der Waals surface area contributed by atoms with E-state index in [1.807, 2.05) is 7.05 Å². The first kappa shape index (κ1) is 17.7. The highest BCUT2D eigenvalue weighted by molar-refractivity contribution is 5.85. The van der Waals surface area contributed by atoms with Crippen LogP contribution in [0.25, 0.3) is 0 Å². The molecule has 0 aliphatic carbocycles.